The van der Waals surface area contributed by atoms with Crippen LogP contribution in [0.15, 0.2) is 24.3 Å². The summed E-state index contributed by atoms with van der Waals surface area (Å²) in [5.41, 5.74) is 0.786. The largest absolute Gasteiger partial charge is 0.351 e. The smallest absolute Gasteiger partial charge is 0.252 e. The van der Waals surface area contributed by atoms with Gasteiger partial charge in [0.25, 0.3) is 5.91 Å². The van der Waals surface area contributed by atoms with Gasteiger partial charge in [0.1, 0.15) is 0 Å². The first-order valence-corrected chi connectivity index (χ1v) is 8.04. The Bertz CT molecular complexity index is 391. The van der Waals surface area contributed by atoms with E-state index in [9.17, 15) is 4.79 Å². The van der Waals surface area contributed by atoms with Crippen molar-refractivity contribution in [3.8, 4) is 0 Å². The highest BCUT2D eigenvalue weighted by molar-refractivity contribution is 14.1. The standard InChI is InChI=1S/C13H16INOS/c14-12-7-2-1-6-11(12)13(16)15-9-10-5-3-4-8-17-10/h1-2,6-7,10H,3-5,8-9H2,(H,15,16). The fraction of sp³-hybridized carbons (Fsp3) is 0.462. The van der Waals surface area contributed by atoms with Crippen LogP contribution in [-0.4, -0.2) is 23.5 Å². The second-order valence-electron chi connectivity index (χ2n) is 4.18. The summed E-state index contributed by atoms with van der Waals surface area (Å²) >= 11 is 4.19. The molecular weight excluding hydrogens is 345 g/mol. The molecule has 4 heteroatoms. The third-order valence-electron chi connectivity index (χ3n) is 2.88. The van der Waals surface area contributed by atoms with Gasteiger partial charge in [0, 0.05) is 15.4 Å². The van der Waals surface area contributed by atoms with Crippen LogP contribution in [0.1, 0.15) is 29.6 Å². The van der Waals surface area contributed by atoms with E-state index in [1.165, 1.54) is 25.0 Å². The van der Waals surface area contributed by atoms with Crippen molar-refractivity contribution in [3.63, 3.8) is 0 Å². The number of nitrogens with one attached hydrogen (secondary N) is 1. The lowest BCUT2D eigenvalue weighted by molar-refractivity contribution is 0.0952. The van der Waals surface area contributed by atoms with Gasteiger partial charge in [-0.05, 0) is 53.3 Å². The molecule has 1 heterocycles. The lowest BCUT2D eigenvalue weighted by Gasteiger charge is -2.21. The van der Waals surface area contributed by atoms with Crippen LogP contribution in [0.2, 0.25) is 0 Å². The van der Waals surface area contributed by atoms with Gasteiger partial charge >= 0.3 is 0 Å². The minimum atomic E-state index is 0.0566. The summed E-state index contributed by atoms with van der Waals surface area (Å²) in [6.45, 7) is 0.800. The Morgan fingerprint density at radius 3 is 2.94 bits per heavy atom. The molecule has 2 nitrogen and oxygen atoms in total. The van der Waals surface area contributed by atoms with Crippen LogP contribution < -0.4 is 5.32 Å². The van der Waals surface area contributed by atoms with Crippen LogP contribution in [0.3, 0.4) is 0 Å². The number of hydrogen-bond donors (Lipinski definition) is 1. The normalized spacial score (nSPS) is 19.9. The van der Waals surface area contributed by atoms with Crippen LogP contribution in [0.25, 0.3) is 0 Å². The molecule has 92 valence electrons. The summed E-state index contributed by atoms with van der Waals surface area (Å²) in [5.74, 6) is 1.30. The molecule has 17 heavy (non-hydrogen) atoms. The molecule has 1 fully saturated rings. The van der Waals surface area contributed by atoms with Crippen molar-refractivity contribution in [3.05, 3.63) is 33.4 Å². The average Bonchev–Trinajstić information content (AvgIpc) is 2.38. The summed E-state index contributed by atoms with van der Waals surface area (Å²) in [6, 6.07) is 7.71. The van der Waals surface area contributed by atoms with E-state index in [1.54, 1.807) is 0 Å². The molecule has 1 aromatic carbocycles. The van der Waals surface area contributed by atoms with Crippen LogP contribution in [-0.2, 0) is 0 Å². The van der Waals surface area contributed by atoms with Crippen molar-refractivity contribution < 1.29 is 4.79 Å². The highest BCUT2D eigenvalue weighted by Gasteiger charge is 2.15. The van der Waals surface area contributed by atoms with Gasteiger partial charge in [0.2, 0.25) is 0 Å². The van der Waals surface area contributed by atoms with E-state index >= 15 is 0 Å². The summed E-state index contributed by atoms with van der Waals surface area (Å²) < 4.78 is 1.01. The van der Waals surface area contributed by atoms with Crippen LogP contribution in [0.4, 0.5) is 0 Å². The number of benzene rings is 1. The van der Waals surface area contributed by atoms with Crippen molar-refractivity contribution >= 4 is 40.3 Å². The van der Waals surface area contributed by atoms with E-state index in [-0.39, 0.29) is 5.91 Å². The van der Waals surface area contributed by atoms with Crippen molar-refractivity contribution in [2.24, 2.45) is 0 Å². The van der Waals surface area contributed by atoms with Gasteiger partial charge in [-0.2, -0.15) is 11.8 Å². The monoisotopic (exact) mass is 361 g/mol. The maximum Gasteiger partial charge on any atom is 0.252 e. The Hall–Kier alpha value is -0.230. The van der Waals surface area contributed by atoms with E-state index in [0.29, 0.717) is 5.25 Å². The quantitative estimate of drug-likeness (QED) is 0.837. The fourth-order valence-corrected chi connectivity index (χ4v) is 3.79. The molecule has 1 aliphatic heterocycles. The van der Waals surface area contributed by atoms with Crippen molar-refractivity contribution in [1.82, 2.24) is 5.32 Å². The highest BCUT2D eigenvalue weighted by atomic mass is 127. The first kappa shape index (κ1) is 13.2. The minimum Gasteiger partial charge on any atom is -0.351 e. The third kappa shape index (κ3) is 3.88. The predicted molar refractivity (Wildman–Crippen MR) is 81.6 cm³/mol. The van der Waals surface area contributed by atoms with Gasteiger partial charge in [0.15, 0.2) is 0 Å². The zero-order valence-corrected chi connectivity index (χ0v) is 12.6. The maximum atomic E-state index is 12.0. The first-order chi connectivity index (χ1) is 8.27. The second-order valence-corrected chi connectivity index (χ2v) is 6.75. The van der Waals surface area contributed by atoms with Crippen LogP contribution in [0, 0.1) is 3.57 Å². The molecule has 0 radical (unpaired) electrons. The maximum absolute atomic E-state index is 12.0. The second kappa shape index (κ2) is 6.64. The number of hydrogen-bond acceptors (Lipinski definition) is 2. The van der Waals surface area contributed by atoms with Gasteiger partial charge < -0.3 is 5.32 Å². The Morgan fingerprint density at radius 2 is 2.24 bits per heavy atom. The molecule has 1 saturated heterocycles. The minimum absolute atomic E-state index is 0.0566. The zero-order chi connectivity index (χ0) is 12.1. The number of amides is 1. The average molecular weight is 361 g/mol. The van der Waals surface area contributed by atoms with Gasteiger partial charge in [-0.1, -0.05) is 18.6 Å². The Morgan fingerprint density at radius 1 is 1.41 bits per heavy atom. The predicted octanol–water partition coefficient (Wildman–Crippen LogP) is 3.31. The molecule has 0 saturated carbocycles. The van der Waals surface area contributed by atoms with Crippen molar-refractivity contribution in [1.29, 1.82) is 0 Å². The fourth-order valence-electron chi connectivity index (χ4n) is 1.92. The first-order valence-electron chi connectivity index (χ1n) is 5.91. The number of halogens is 1. The van der Waals surface area contributed by atoms with Crippen LogP contribution in [0.5, 0.6) is 0 Å². The van der Waals surface area contributed by atoms with Crippen LogP contribution >= 0.6 is 34.4 Å². The molecule has 1 aliphatic rings. The summed E-state index contributed by atoms with van der Waals surface area (Å²) in [5, 5.41) is 3.65. The Balaban J connectivity index is 1.87. The third-order valence-corrected chi connectivity index (χ3v) is 5.22. The topological polar surface area (TPSA) is 29.1 Å². The molecule has 2 rings (SSSR count). The van der Waals surface area contributed by atoms with Gasteiger partial charge in [-0.25, -0.2) is 0 Å². The van der Waals surface area contributed by atoms with Gasteiger partial charge in [-0.3, -0.25) is 4.79 Å². The SMILES string of the molecule is O=C(NCC1CCCCS1)c1ccccc1I. The Kier molecular flexibility index (Phi) is 5.16. The molecular formula is C13H16INOS. The molecule has 1 N–H and O–H groups in total. The lowest BCUT2D eigenvalue weighted by Crippen LogP contribution is -2.32. The molecule has 1 aromatic rings. The molecule has 1 amide bonds. The van der Waals surface area contributed by atoms with Gasteiger partial charge in [0.05, 0.1) is 5.56 Å². The number of rotatable bonds is 3. The molecule has 0 aromatic heterocycles. The van der Waals surface area contributed by atoms with E-state index < -0.39 is 0 Å². The number of carbonyl (C=O) groups excluding carboxylic acids is 1. The molecule has 0 aliphatic carbocycles. The van der Waals surface area contributed by atoms with E-state index in [0.717, 1.165) is 15.7 Å². The summed E-state index contributed by atoms with van der Waals surface area (Å²) in [6.07, 6.45) is 3.86. The molecule has 1 atom stereocenters. The molecule has 1 unspecified atom stereocenters. The molecule has 0 spiro atoms. The van der Waals surface area contributed by atoms with E-state index in [2.05, 4.69) is 27.9 Å². The number of thioether (sulfide) groups is 1. The molecule has 0 bridgehead atoms. The van der Waals surface area contributed by atoms with Gasteiger partial charge in [-0.15, -0.1) is 0 Å². The lowest BCUT2D eigenvalue weighted by atomic mass is 10.1. The Labute approximate surface area is 120 Å². The summed E-state index contributed by atoms with van der Waals surface area (Å²) in [4.78, 5) is 12.0. The number of carbonyl (C=O) groups is 1. The summed E-state index contributed by atoms with van der Waals surface area (Å²) in [7, 11) is 0. The van der Waals surface area contributed by atoms with E-state index in [4.69, 9.17) is 0 Å². The van der Waals surface area contributed by atoms with Crippen molar-refractivity contribution in [2.75, 3.05) is 12.3 Å². The highest BCUT2D eigenvalue weighted by Crippen LogP contribution is 2.24. The zero-order valence-electron chi connectivity index (χ0n) is 9.62. The van der Waals surface area contributed by atoms with Crippen molar-refractivity contribution in [2.45, 2.75) is 24.5 Å². The van der Waals surface area contributed by atoms with E-state index in [1.807, 2.05) is 36.0 Å².